The van der Waals surface area contributed by atoms with E-state index in [9.17, 15) is 8.78 Å². The van der Waals surface area contributed by atoms with Crippen LogP contribution in [0.15, 0.2) is 33.3 Å². The van der Waals surface area contributed by atoms with Crippen LogP contribution in [0.1, 0.15) is 17.3 Å². The molecule has 0 saturated heterocycles. The summed E-state index contributed by atoms with van der Waals surface area (Å²) in [5.74, 6) is 0.401. The van der Waals surface area contributed by atoms with Crippen molar-refractivity contribution in [1.82, 2.24) is 10.1 Å². The Kier molecular flexibility index (Phi) is 4.60. The molecule has 0 bridgehead atoms. The summed E-state index contributed by atoms with van der Waals surface area (Å²) in [6, 6.07) is 7.54. The van der Waals surface area contributed by atoms with Gasteiger partial charge in [0.25, 0.3) is 6.43 Å². The number of benzene rings is 1. The van der Waals surface area contributed by atoms with Crippen molar-refractivity contribution in [2.75, 3.05) is 0 Å². The predicted molar refractivity (Wildman–Crippen MR) is 67.0 cm³/mol. The highest BCUT2D eigenvalue weighted by molar-refractivity contribution is 9.10. The van der Waals surface area contributed by atoms with Crippen LogP contribution in [0.3, 0.4) is 0 Å². The molecule has 19 heavy (non-hydrogen) atoms. The lowest BCUT2D eigenvalue weighted by Gasteiger charge is -2.04. The average Bonchev–Trinajstić information content (AvgIpc) is 2.79. The summed E-state index contributed by atoms with van der Waals surface area (Å²) in [7, 11) is 0. The molecule has 7 heteroatoms. The Balaban J connectivity index is 2.04. The normalized spacial score (nSPS) is 12.9. The lowest BCUT2D eigenvalue weighted by atomic mass is 10.1. The molecule has 0 fully saturated rings. The molecule has 2 aromatic rings. The van der Waals surface area contributed by atoms with E-state index in [0.29, 0.717) is 12.2 Å². The van der Waals surface area contributed by atoms with Crippen LogP contribution in [0.2, 0.25) is 0 Å². The van der Waals surface area contributed by atoms with E-state index in [0.717, 1.165) is 10.0 Å². The van der Waals surface area contributed by atoms with Crippen LogP contribution >= 0.6 is 15.9 Å². The van der Waals surface area contributed by atoms with Crippen molar-refractivity contribution in [3.8, 4) is 0 Å². The van der Waals surface area contributed by atoms with Crippen molar-refractivity contribution in [3.05, 3.63) is 46.0 Å². The smallest absolute Gasteiger partial charge is 0.264 e. The van der Waals surface area contributed by atoms with Gasteiger partial charge in [-0.1, -0.05) is 39.3 Å². The molecule has 4 nitrogen and oxygen atoms in total. The molecule has 1 N–H and O–H groups in total. The second-order valence-electron chi connectivity index (χ2n) is 3.98. The van der Waals surface area contributed by atoms with Crippen molar-refractivity contribution in [2.45, 2.75) is 25.4 Å². The Hall–Kier alpha value is -1.34. The Bertz CT molecular complexity index is 548. The molecule has 2 rings (SSSR count). The standard InChI is InChI=1S/C12H11BrF2N2O2/c13-8-4-2-1-3-7(8)5-10-16-11(19-17-10)6-9(18)12(14)15/h1-4,9,12,18H,5-6H2. The van der Waals surface area contributed by atoms with Gasteiger partial charge in [0.05, 0.1) is 6.42 Å². The van der Waals surface area contributed by atoms with E-state index in [1.807, 2.05) is 24.3 Å². The number of hydrogen-bond acceptors (Lipinski definition) is 4. The first-order chi connectivity index (χ1) is 9.06. The number of hydrogen-bond donors (Lipinski definition) is 1. The van der Waals surface area contributed by atoms with E-state index in [1.54, 1.807) is 0 Å². The van der Waals surface area contributed by atoms with E-state index < -0.39 is 12.5 Å². The van der Waals surface area contributed by atoms with Crippen molar-refractivity contribution >= 4 is 15.9 Å². The summed E-state index contributed by atoms with van der Waals surface area (Å²) in [6.45, 7) is 0. The summed E-state index contributed by atoms with van der Waals surface area (Å²) in [5.41, 5.74) is 0.962. The van der Waals surface area contributed by atoms with Crippen LogP contribution < -0.4 is 0 Å². The topological polar surface area (TPSA) is 59.2 Å². The molecule has 1 atom stereocenters. The third-order valence-electron chi connectivity index (χ3n) is 2.49. The number of aromatic nitrogens is 2. The minimum absolute atomic E-state index is 0.00912. The van der Waals surface area contributed by atoms with Crippen LogP contribution in [0.5, 0.6) is 0 Å². The summed E-state index contributed by atoms with van der Waals surface area (Å²) >= 11 is 3.39. The van der Waals surface area contributed by atoms with Gasteiger partial charge in [-0.3, -0.25) is 0 Å². The fourth-order valence-corrected chi connectivity index (χ4v) is 1.95. The van der Waals surface area contributed by atoms with Crippen molar-refractivity contribution < 1.29 is 18.4 Å². The first-order valence-corrected chi connectivity index (χ1v) is 6.36. The highest BCUT2D eigenvalue weighted by atomic mass is 79.9. The van der Waals surface area contributed by atoms with Gasteiger partial charge in [0.15, 0.2) is 5.82 Å². The molecule has 1 aromatic carbocycles. The van der Waals surface area contributed by atoms with Gasteiger partial charge < -0.3 is 9.63 Å². The molecule has 0 amide bonds. The fraction of sp³-hybridized carbons (Fsp3) is 0.333. The van der Waals surface area contributed by atoms with Gasteiger partial charge in [-0.05, 0) is 11.6 Å². The van der Waals surface area contributed by atoms with Crippen LogP contribution in [-0.4, -0.2) is 27.8 Å². The molecule has 0 aliphatic rings. The minimum Gasteiger partial charge on any atom is -0.387 e. The summed E-state index contributed by atoms with van der Waals surface area (Å²) < 4.78 is 30.1. The largest absolute Gasteiger partial charge is 0.387 e. The Morgan fingerprint density at radius 3 is 2.74 bits per heavy atom. The minimum atomic E-state index is -2.82. The number of halogens is 3. The lowest BCUT2D eigenvalue weighted by molar-refractivity contribution is -0.00754. The summed E-state index contributed by atoms with van der Waals surface area (Å²) in [4.78, 5) is 3.98. The van der Waals surface area contributed by atoms with E-state index >= 15 is 0 Å². The molecule has 102 valence electrons. The molecule has 0 aliphatic heterocycles. The lowest BCUT2D eigenvalue weighted by Crippen LogP contribution is -2.20. The first kappa shape index (κ1) is 14.1. The molecule has 0 spiro atoms. The van der Waals surface area contributed by atoms with E-state index in [1.165, 1.54) is 0 Å². The quantitative estimate of drug-likeness (QED) is 0.914. The molecule has 0 radical (unpaired) electrons. The van der Waals surface area contributed by atoms with Crippen LogP contribution in [0.25, 0.3) is 0 Å². The summed E-state index contributed by atoms with van der Waals surface area (Å²) in [6.07, 6.45) is -4.52. The van der Waals surface area contributed by atoms with Gasteiger partial charge in [0.2, 0.25) is 5.89 Å². The number of nitrogens with zero attached hydrogens (tertiary/aromatic N) is 2. The molecule has 1 unspecified atom stereocenters. The van der Waals surface area contributed by atoms with Crippen molar-refractivity contribution in [3.63, 3.8) is 0 Å². The summed E-state index contributed by atoms with van der Waals surface area (Å²) in [5, 5.41) is 12.7. The van der Waals surface area contributed by atoms with Gasteiger partial charge in [0.1, 0.15) is 6.10 Å². The zero-order valence-corrected chi connectivity index (χ0v) is 11.3. The van der Waals surface area contributed by atoms with Gasteiger partial charge in [-0.25, -0.2) is 8.78 Å². The Labute approximate surface area is 116 Å². The monoisotopic (exact) mass is 332 g/mol. The third-order valence-corrected chi connectivity index (χ3v) is 3.26. The zero-order valence-electron chi connectivity index (χ0n) is 9.76. The molecular weight excluding hydrogens is 322 g/mol. The van der Waals surface area contributed by atoms with Gasteiger partial charge >= 0.3 is 0 Å². The van der Waals surface area contributed by atoms with Crippen LogP contribution in [-0.2, 0) is 12.8 Å². The highest BCUT2D eigenvalue weighted by Gasteiger charge is 2.20. The van der Waals surface area contributed by atoms with Crippen molar-refractivity contribution in [2.24, 2.45) is 0 Å². The highest BCUT2D eigenvalue weighted by Crippen LogP contribution is 2.18. The number of alkyl halides is 2. The fourth-order valence-electron chi connectivity index (χ4n) is 1.52. The molecular formula is C12H11BrF2N2O2. The molecule has 0 aliphatic carbocycles. The maximum atomic E-state index is 12.2. The van der Waals surface area contributed by atoms with Crippen molar-refractivity contribution in [1.29, 1.82) is 0 Å². The number of aliphatic hydroxyl groups is 1. The zero-order chi connectivity index (χ0) is 13.8. The molecule has 1 heterocycles. The van der Waals surface area contributed by atoms with Gasteiger partial charge in [-0.15, -0.1) is 0 Å². The molecule has 1 aromatic heterocycles. The number of rotatable bonds is 5. The third kappa shape index (κ3) is 3.81. The predicted octanol–water partition coefficient (Wildman–Crippen LogP) is 2.59. The SMILES string of the molecule is OC(Cc1nc(Cc2ccccc2Br)no1)C(F)F. The second kappa shape index (κ2) is 6.21. The maximum absolute atomic E-state index is 12.2. The maximum Gasteiger partial charge on any atom is 0.264 e. The average molecular weight is 333 g/mol. The van der Waals surface area contributed by atoms with Crippen LogP contribution in [0.4, 0.5) is 8.78 Å². The Morgan fingerprint density at radius 1 is 1.32 bits per heavy atom. The molecule has 0 saturated carbocycles. The number of aliphatic hydroxyl groups excluding tert-OH is 1. The van der Waals surface area contributed by atoms with E-state index in [2.05, 4.69) is 26.1 Å². The second-order valence-corrected chi connectivity index (χ2v) is 4.83. The Morgan fingerprint density at radius 2 is 2.05 bits per heavy atom. The first-order valence-electron chi connectivity index (χ1n) is 5.57. The van der Waals surface area contributed by atoms with Gasteiger partial charge in [0, 0.05) is 10.9 Å². The van der Waals surface area contributed by atoms with Gasteiger partial charge in [-0.2, -0.15) is 4.98 Å². The van der Waals surface area contributed by atoms with E-state index in [-0.39, 0.29) is 12.3 Å². The van der Waals surface area contributed by atoms with Crippen LogP contribution in [0, 0.1) is 0 Å². The van der Waals surface area contributed by atoms with E-state index in [4.69, 9.17) is 9.63 Å².